The first kappa shape index (κ1) is 18.3. The van der Waals surface area contributed by atoms with E-state index in [9.17, 15) is 4.79 Å². The zero-order chi connectivity index (χ0) is 16.9. The molecule has 0 atom stereocenters. The predicted molar refractivity (Wildman–Crippen MR) is 99.9 cm³/mol. The molecule has 1 amide bonds. The Labute approximate surface area is 153 Å². The summed E-state index contributed by atoms with van der Waals surface area (Å²) in [5, 5.41) is 3.96. The fourth-order valence-corrected chi connectivity index (χ4v) is 4.03. The van der Waals surface area contributed by atoms with Gasteiger partial charge in [0.15, 0.2) is 0 Å². The quantitative estimate of drug-likeness (QED) is 0.561. The second-order valence-electron chi connectivity index (χ2n) is 5.75. The van der Waals surface area contributed by atoms with Gasteiger partial charge in [0.25, 0.3) is 0 Å². The molecule has 0 bridgehead atoms. The molecule has 0 saturated heterocycles. The molecular weight excluding hydrogens is 396 g/mol. The summed E-state index contributed by atoms with van der Waals surface area (Å²) in [6.45, 7) is 3.48. The molecule has 2 aromatic rings. The van der Waals surface area contributed by atoms with E-state index >= 15 is 0 Å². The van der Waals surface area contributed by atoms with Gasteiger partial charge < -0.3 is 0 Å². The first-order chi connectivity index (χ1) is 10.9. The molecule has 2 nitrogen and oxygen atoms in total. The van der Waals surface area contributed by atoms with E-state index in [0.29, 0.717) is 0 Å². The number of anilines is 1. The summed E-state index contributed by atoms with van der Waals surface area (Å²) in [7, 11) is 0. The molecule has 5 heteroatoms. The van der Waals surface area contributed by atoms with E-state index in [1.165, 1.54) is 5.56 Å². The summed E-state index contributed by atoms with van der Waals surface area (Å²) < 4.78 is 1.16. The molecule has 0 heterocycles. The third-order valence-corrected chi connectivity index (χ3v) is 7.00. The van der Waals surface area contributed by atoms with Crippen molar-refractivity contribution in [2.75, 3.05) is 5.32 Å². The molecule has 0 radical (unpaired) electrons. The fourth-order valence-electron chi connectivity index (χ4n) is 1.81. The Bertz CT molecular complexity index is 659. The van der Waals surface area contributed by atoms with Gasteiger partial charge in [-0.25, -0.2) is 0 Å². The van der Waals surface area contributed by atoms with Gasteiger partial charge in [-0.05, 0) is 0 Å². The topological polar surface area (TPSA) is 29.1 Å². The molecule has 0 aliphatic heterocycles. The van der Waals surface area contributed by atoms with Crippen molar-refractivity contribution < 1.29 is 4.79 Å². The van der Waals surface area contributed by atoms with Crippen LogP contribution in [0, 0.1) is 5.41 Å². The summed E-state index contributed by atoms with van der Waals surface area (Å²) in [6, 6.07) is 18.2. The van der Waals surface area contributed by atoms with E-state index in [-0.39, 0.29) is 20.9 Å². The molecule has 0 fully saturated rings. The Morgan fingerprint density at radius 1 is 1.09 bits per heavy atom. The molecule has 1 N–H and O–H groups in total. The van der Waals surface area contributed by atoms with Gasteiger partial charge >= 0.3 is 154 Å². The molecule has 0 aromatic heterocycles. The first-order valence-electron chi connectivity index (χ1n) is 7.26. The fraction of sp³-hybridized carbons (Fsp3) is 0.278. The average Bonchev–Trinajstić information content (AvgIpc) is 2.54. The van der Waals surface area contributed by atoms with Gasteiger partial charge in [0.1, 0.15) is 0 Å². The van der Waals surface area contributed by atoms with Crippen LogP contribution in [0.3, 0.4) is 0 Å². The van der Waals surface area contributed by atoms with Crippen molar-refractivity contribution in [1.82, 2.24) is 0 Å². The standard InChI is InChI=1S/C18H19Cl2NOSe/c1-18(2,16(19)20)17(22)21-14-10-6-7-11-15(14)23-12-13-8-4-3-5-9-13/h3-11,16H,12H2,1-2H3,(H,21,22). The monoisotopic (exact) mass is 415 g/mol. The Morgan fingerprint density at radius 3 is 2.35 bits per heavy atom. The van der Waals surface area contributed by atoms with Gasteiger partial charge in [0.2, 0.25) is 0 Å². The van der Waals surface area contributed by atoms with Crippen LogP contribution in [0.15, 0.2) is 54.6 Å². The van der Waals surface area contributed by atoms with Crippen molar-refractivity contribution in [1.29, 1.82) is 0 Å². The number of carbonyl (C=O) groups is 1. The number of rotatable bonds is 6. The van der Waals surface area contributed by atoms with Gasteiger partial charge in [0, 0.05) is 0 Å². The second-order valence-corrected chi connectivity index (χ2v) is 8.98. The van der Waals surface area contributed by atoms with Gasteiger partial charge in [-0.15, -0.1) is 0 Å². The van der Waals surface area contributed by atoms with Crippen molar-refractivity contribution in [3.63, 3.8) is 0 Å². The number of nitrogens with one attached hydrogen (secondary N) is 1. The van der Waals surface area contributed by atoms with Crippen LogP contribution < -0.4 is 9.78 Å². The maximum absolute atomic E-state index is 12.4. The number of carbonyl (C=O) groups excluding carboxylic acids is 1. The van der Waals surface area contributed by atoms with Gasteiger partial charge in [-0.2, -0.15) is 0 Å². The number of para-hydroxylation sites is 1. The van der Waals surface area contributed by atoms with Crippen LogP contribution in [-0.4, -0.2) is 25.7 Å². The predicted octanol–water partition coefficient (Wildman–Crippen LogP) is 3.98. The number of alkyl halides is 2. The van der Waals surface area contributed by atoms with E-state index in [2.05, 4.69) is 23.5 Å². The Morgan fingerprint density at radius 2 is 1.70 bits per heavy atom. The van der Waals surface area contributed by atoms with Crippen LogP contribution in [-0.2, 0) is 10.1 Å². The number of amides is 1. The van der Waals surface area contributed by atoms with Crippen LogP contribution in [0.1, 0.15) is 19.4 Å². The molecule has 0 unspecified atom stereocenters. The van der Waals surface area contributed by atoms with E-state index < -0.39 is 10.3 Å². The summed E-state index contributed by atoms with van der Waals surface area (Å²) in [6.07, 6.45) is 0. The Balaban J connectivity index is 2.10. The zero-order valence-electron chi connectivity index (χ0n) is 13.1. The minimum absolute atomic E-state index is 0.171. The summed E-state index contributed by atoms with van der Waals surface area (Å²) in [5.41, 5.74) is 1.30. The van der Waals surface area contributed by atoms with Crippen molar-refractivity contribution in [3.8, 4) is 0 Å². The minimum atomic E-state index is -0.845. The molecule has 23 heavy (non-hydrogen) atoms. The zero-order valence-corrected chi connectivity index (χ0v) is 16.3. The van der Waals surface area contributed by atoms with Gasteiger partial charge in [0.05, 0.1) is 0 Å². The Kier molecular flexibility index (Phi) is 6.55. The van der Waals surface area contributed by atoms with Crippen LogP contribution in [0.4, 0.5) is 5.69 Å². The summed E-state index contributed by atoms with van der Waals surface area (Å²) >= 11 is 12.1. The van der Waals surface area contributed by atoms with Crippen LogP contribution in [0.2, 0.25) is 0 Å². The second kappa shape index (κ2) is 8.21. The van der Waals surface area contributed by atoms with Crippen molar-refractivity contribution in [3.05, 3.63) is 60.2 Å². The third-order valence-electron chi connectivity index (χ3n) is 3.50. The van der Waals surface area contributed by atoms with Gasteiger partial charge in [-0.1, -0.05) is 0 Å². The van der Waals surface area contributed by atoms with Crippen molar-refractivity contribution in [2.24, 2.45) is 5.41 Å². The molecule has 0 aliphatic rings. The van der Waals surface area contributed by atoms with Crippen molar-refractivity contribution in [2.45, 2.75) is 24.0 Å². The van der Waals surface area contributed by atoms with Gasteiger partial charge in [-0.3, -0.25) is 0 Å². The maximum atomic E-state index is 12.4. The number of halogens is 2. The molecule has 0 saturated carbocycles. The number of hydrogen-bond donors (Lipinski definition) is 1. The molecule has 2 rings (SSSR count). The van der Waals surface area contributed by atoms with Crippen LogP contribution in [0.25, 0.3) is 0 Å². The Hall–Kier alpha value is -0.991. The van der Waals surface area contributed by atoms with E-state index in [1.807, 2.05) is 36.4 Å². The van der Waals surface area contributed by atoms with Crippen LogP contribution >= 0.6 is 23.2 Å². The van der Waals surface area contributed by atoms with E-state index in [1.54, 1.807) is 13.8 Å². The molecule has 122 valence electrons. The average molecular weight is 415 g/mol. The third kappa shape index (κ3) is 4.99. The molecular formula is C18H19Cl2NOSe. The summed E-state index contributed by atoms with van der Waals surface area (Å²) in [5.74, 6) is -0.171. The number of hydrogen-bond acceptors (Lipinski definition) is 1. The molecule has 2 aromatic carbocycles. The molecule has 0 spiro atoms. The van der Waals surface area contributed by atoms with E-state index in [4.69, 9.17) is 23.2 Å². The van der Waals surface area contributed by atoms with Crippen LogP contribution in [0.5, 0.6) is 0 Å². The van der Waals surface area contributed by atoms with E-state index in [0.717, 1.165) is 15.5 Å². The molecule has 0 aliphatic carbocycles. The number of benzene rings is 2. The van der Waals surface area contributed by atoms with Crippen molar-refractivity contribution >= 4 is 54.2 Å². The first-order valence-corrected chi connectivity index (χ1v) is 10.2. The normalized spacial score (nSPS) is 11.5. The SMILES string of the molecule is CC(C)(C(=O)Nc1ccccc1[Se]Cc1ccccc1)C(Cl)Cl. The summed E-state index contributed by atoms with van der Waals surface area (Å²) in [4.78, 5) is 11.7.